The Morgan fingerprint density at radius 2 is 2.25 bits per heavy atom. The van der Waals surface area contributed by atoms with Crippen LogP contribution in [-0.2, 0) is 4.79 Å². The van der Waals surface area contributed by atoms with E-state index in [0.29, 0.717) is 5.32 Å². The molecule has 0 aromatic heterocycles. The van der Waals surface area contributed by atoms with Gasteiger partial charge in [-0.25, -0.2) is 0 Å². The van der Waals surface area contributed by atoms with E-state index >= 15 is 0 Å². The topological polar surface area (TPSA) is 63.3 Å². The second-order valence-corrected chi connectivity index (χ2v) is 1.89. The van der Waals surface area contributed by atoms with Crippen molar-refractivity contribution in [3.63, 3.8) is 0 Å². The maximum absolute atomic E-state index is 9.80. The van der Waals surface area contributed by atoms with Gasteiger partial charge in [0.25, 0.3) is 0 Å². The van der Waals surface area contributed by atoms with E-state index in [2.05, 4.69) is 16.0 Å². The number of aliphatic carboxylic acids is 1. The second-order valence-electron chi connectivity index (χ2n) is 1.13. The van der Waals surface area contributed by atoms with Crippen molar-refractivity contribution in [1.29, 1.82) is 0 Å². The van der Waals surface area contributed by atoms with Crippen molar-refractivity contribution in [2.75, 3.05) is 0 Å². The molecule has 8 heavy (non-hydrogen) atoms. The zero-order valence-corrected chi connectivity index (χ0v) is 8.14. The van der Waals surface area contributed by atoms with Gasteiger partial charge in [-0.15, -0.1) is 0 Å². The Morgan fingerprint density at radius 3 is 2.25 bits per heavy atom. The molecule has 3 nitrogen and oxygen atoms in total. The Hall–Kier alpha value is 0.469. The van der Waals surface area contributed by atoms with Crippen molar-refractivity contribution in [2.24, 2.45) is 5.73 Å². The van der Waals surface area contributed by atoms with E-state index in [0.717, 1.165) is 0 Å². The van der Waals surface area contributed by atoms with Gasteiger partial charge in [0, 0.05) is 0 Å². The molecule has 0 unspecified atom stereocenters. The van der Waals surface area contributed by atoms with Crippen LogP contribution in [0.1, 0.15) is 0 Å². The molecule has 0 radical (unpaired) electrons. The Bertz CT molecular complexity index is 77.7. The molecule has 3 N–H and O–H groups in total. The van der Waals surface area contributed by atoms with Crippen molar-refractivity contribution in [1.82, 2.24) is 0 Å². The first-order valence-electron chi connectivity index (χ1n) is 1.77. The predicted octanol–water partition coefficient (Wildman–Crippen LogP) is -2.20. The molecule has 0 saturated heterocycles. The van der Waals surface area contributed by atoms with Crippen LogP contribution < -0.4 is 5.73 Å². The minimum atomic E-state index is -0.944. The van der Waals surface area contributed by atoms with Gasteiger partial charge >= 0.3 is 66.0 Å². The van der Waals surface area contributed by atoms with Gasteiger partial charge in [-0.2, -0.15) is 0 Å². The van der Waals surface area contributed by atoms with Crippen molar-refractivity contribution >= 4 is 39.1 Å². The van der Waals surface area contributed by atoms with Crippen molar-refractivity contribution in [3.8, 4) is 0 Å². The number of carboxylic acids is 1. The van der Waals surface area contributed by atoms with Gasteiger partial charge < -0.3 is 0 Å². The zero-order chi connectivity index (χ0) is 5.86. The third-order valence-electron chi connectivity index (χ3n) is 0.514. The maximum atomic E-state index is 9.80. The van der Waals surface area contributed by atoms with Crippen LogP contribution >= 0.6 is 0 Å². The molecular formula is C3H9NO2Se2. The van der Waals surface area contributed by atoms with E-state index < -0.39 is 12.0 Å². The van der Waals surface area contributed by atoms with Crippen LogP contribution in [0.25, 0.3) is 0 Å². The third kappa shape index (κ3) is 4.62. The average molecular weight is 249 g/mol. The van der Waals surface area contributed by atoms with Crippen LogP contribution in [0.15, 0.2) is 0 Å². The van der Waals surface area contributed by atoms with E-state index in [1.165, 1.54) is 0 Å². The summed E-state index contributed by atoms with van der Waals surface area (Å²) in [5.74, 6) is -0.944. The molecule has 0 aromatic carbocycles. The predicted molar refractivity (Wildman–Crippen MR) is 36.1 cm³/mol. The first kappa shape index (κ1) is 11.3. The van der Waals surface area contributed by atoms with Crippen LogP contribution in [-0.4, -0.2) is 50.2 Å². The van der Waals surface area contributed by atoms with Crippen LogP contribution in [0.2, 0.25) is 5.32 Å². The Balaban J connectivity index is 0. The molecule has 0 saturated carbocycles. The van der Waals surface area contributed by atoms with Crippen LogP contribution in [0, 0.1) is 0 Å². The Morgan fingerprint density at radius 1 is 1.88 bits per heavy atom. The molecule has 0 amide bonds. The molecule has 0 heterocycles. The minimum absolute atomic E-state index is 0. The molecule has 50 valence electrons. The molecule has 0 aliphatic rings. The van der Waals surface area contributed by atoms with Crippen molar-refractivity contribution < 1.29 is 9.90 Å². The molecular weight excluding hydrogens is 240 g/mol. The van der Waals surface area contributed by atoms with E-state index in [9.17, 15) is 4.79 Å². The Kier molecular flexibility index (Phi) is 7.91. The first-order valence-corrected chi connectivity index (χ1v) is 3.10. The van der Waals surface area contributed by atoms with E-state index in [1.807, 2.05) is 0 Å². The van der Waals surface area contributed by atoms with Crippen molar-refractivity contribution in [3.05, 3.63) is 0 Å². The molecule has 0 aliphatic carbocycles. The van der Waals surface area contributed by atoms with Gasteiger partial charge in [0.2, 0.25) is 0 Å². The van der Waals surface area contributed by atoms with Crippen LogP contribution in [0.3, 0.4) is 0 Å². The van der Waals surface area contributed by atoms with Gasteiger partial charge in [-0.1, -0.05) is 0 Å². The summed E-state index contributed by atoms with van der Waals surface area (Å²) in [4.78, 5) is 9.80. The van der Waals surface area contributed by atoms with E-state index in [4.69, 9.17) is 10.8 Å². The molecule has 0 spiro atoms. The van der Waals surface area contributed by atoms with Gasteiger partial charge in [-0.05, 0) is 0 Å². The summed E-state index contributed by atoms with van der Waals surface area (Å²) in [6.07, 6.45) is 0. The quantitative estimate of drug-likeness (QED) is 0.546. The molecule has 0 rings (SSSR count). The van der Waals surface area contributed by atoms with Crippen LogP contribution in [0.4, 0.5) is 0 Å². The molecule has 1 atom stereocenters. The first-order chi connectivity index (χ1) is 3.18. The van der Waals surface area contributed by atoms with Crippen LogP contribution in [0.5, 0.6) is 0 Å². The fourth-order valence-corrected chi connectivity index (χ4v) is 0.406. The zero-order valence-electron chi connectivity index (χ0n) is 4.16. The number of carboxylic acid groups (broad SMARTS) is 1. The van der Waals surface area contributed by atoms with Crippen molar-refractivity contribution in [2.45, 2.75) is 11.4 Å². The Labute approximate surface area is 66.3 Å². The number of rotatable bonds is 2. The summed E-state index contributed by atoms with van der Waals surface area (Å²) < 4.78 is 0. The summed E-state index contributed by atoms with van der Waals surface area (Å²) in [6.45, 7) is 0. The average Bonchev–Trinajstić information content (AvgIpc) is 1.65. The summed E-state index contributed by atoms with van der Waals surface area (Å²) in [7, 11) is 0. The normalized spacial score (nSPS) is 11.8. The number of nitrogens with two attached hydrogens (primary N) is 1. The van der Waals surface area contributed by atoms with Gasteiger partial charge in [0.15, 0.2) is 0 Å². The molecule has 0 aliphatic heterocycles. The monoisotopic (exact) mass is 251 g/mol. The fraction of sp³-hybridized carbons (Fsp3) is 0.667. The SMILES string of the molecule is N[C@@H](C[SeH])C(=O)O.[SeH2]. The summed E-state index contributed by atoms with van der Waals surface area (Å²) in [6, 6.07) is -0.708. The summed E-state index contributed by atoms with van der Waals surface area (Å²) in [5.41, 5.74) is 5.00. The number of carbonyl (C=O) groups is 1. The van der Waals surface area contributed by atoms with Gasteiger partial charge in [0.1, 0.15) is 0 Å². The summed E-state index contributed by atoms with van der Waals surface area (Å²) >= 11 is 2.13. The number of hydrogen-bond acceptors (Lipinski definition) is 2. The summed E-state index contributed by atoms with van der Waals surface area (Å²) in [5, 5.41) is 8.48. The number of hydrogen-bond donors (Lipinski definition) is 2. The second kappa shape index (κ2) is 5.60. The van der Waals surface area contributed by atoms with E-state index in [1.54, 1.807) is 0 Å². The fourth-order valence-electron chi connectivity index (χ4n) is 0.0781. The molecule has 5 heteroatoms. The van der Waals surface area contributed by atoms with Gasteiger partial charge in [0.05, 0.1) is 0 Å². The molecule has 0 aromatic rings. The molecule has 0 bridgehead atoms. The molecule has 0 fully saturated rings. The van der Waals surface area contributed by atoms with Gasteiger partial charge in [-0.3, -0.25) is 0 Å². The standard InChI is InChI=1S/C3H7NO2Se.H2Se/c4-2(1-7)3(5)6;/h2,7H,1,4H2,(H,5,6);1H2/t2-;/m0./s1. The third-order valence-corrected chi connectivity index (χ3v) is 1.34. The van der Waals surface area contributed by atoms with E-state index in [-0.39, 0.29) is 17.1 Å².